The van der Waals surface area contributed by atoms with Gasteiger partial charge in [-0.2, -0.15) is 16.6 Å². The molecule has 1 atom stereocenters. The van der Waals surface area contributed by atoms with Crippen LogP contribution in [0.2, 0.25) is 0 Å². The van der Waals surface area contributed by atoms with Crippen LogP contribution in [0.25, 0.3) is 0 Å². The molecule has 0 aliphatic carbocycles. The van der Waals surface area contributed by atoms with E-state index in [1.54, 1.807) is 16.2 Å². The first-order valence-corrected chi connectivity index (χ1v) is 7.09. The number of aromatic nitrogens is 4. The number of aromatic amines is 1. The lowest BCUT2D eigenvalue weighted by Gasteiger charge is -2.19. The molecule has 6 nitrogen and oxygen atoms in total. The van der Waals surface area contributed by atoms with Crippen LogP contribution < -0.4 is 0 Å². The molecule has 0 saturated heterocycles. The fourth-order valence-electron chi connectivity index (χ4n) is 1.85. The van der Waals surface area contributed by atoms with Crippen molar-refractivity contribution >= 4 is 17.2 Å². The number of carbonyl (C=O) groups is 1. The fourth-order valence-corrected chi connectivity index (χ4v) is 2.55. The number of H-pyrrole nitrogens is 1. The molecule has 0 aromatic carbocycles. The van der Waals surface area contributed by atoms with Gasteiger partial charge in [0.25, 0.3) is 0 Å². The van der Waals surface area contributed by atoms with Crippen LogP contribution in [0.15, 0.2) is 16.8 Å². The molecule has 1 N–H and O–H groups in total. The molecule has 2 aromatic heterocycles. The molecule has 19 heavy (non-hydrogen) atoms. The monoisotopic (exact) mass is 279 g/mol. The summed E-state index contributed by atoms with van der Waals surface area (Å²) in [6, 6.07) is 2.06. The predicted molar refractivity (Wildman–Crippen MR) is 72.9 cm³/mol. The van der Waals surface area contributed by atoms with Crippen LogP contribution in [0.5, 0.6) is 0 Å². The molecule has 0 saturated carbocycles. The van der Waals surface area contributed by atoms with E-state index in [0.717, 1.165) is 6.42 Å². The maximum atomic E-state index is 12.0. The van der Waals surface area contributed by atoms with Gasteiger partial charge in [0.1, 0.15) is 0 Å². The first-order valence-electron chi connectivity index (χ1n) is 6.15. The Labute approximate surface area is 115 Å². The largest absolute Gasteiger partial charge is 0.345 e. The van der Waals surface area contributed by atoms with Gasteiger partial charge in [-0.1, -0.05) is 12.1 Å². The highest BCUT2D eigenvalue weighted by Gasteiger charge is 2.16. The summed E-state index contributed by atoms with van der Waals surface area (Å²) in [5.41, 5.74) is 1.22. The number of nitrogens with one attached hydrogen (secondary N) is 1. The number of hydrogen-bond acceptors (Lipinski definition) is 5. The van der Waals surface area contributed by atoms with Gasteiger partial charge < -0.3 is 4.90 Å². The minimum atomic E-state index is 0.0776. The standard InChI is InChI=1S/C12H17N5OS/c1-9(12-13-15-16-14-12)7-17(2)11(18)4-3-10-5-6-19-8-10/h5-6,8-9H,3-4,7H2,1-2H3,(H,13,14,15,16)/t9-/m0/s1. The van der Waals surface area contributed by atoms with Gasteiger partial charge in [0, 0.05) is 25.9 Å². The molecule has 0 aliphatic rings. The Balaban J connectivity index is 1.79. The zero-order chi connectivity index (χ0) is 13.7. The van der Waals surface area contributed by atoms with E-state index in [1.807, 2.05) is 19.4 Å². The Morgan fingerprint density at radius 2 is 2.42 bits per heavy atom. The number of amides is 1. The summed E-state index contributed by atoms with van der Waals surface area (Å²) in [4.78, 5) is 13.7. The van der Waals surface area contributed by atoms with Crippen LogP contribution in [-0.4, -0.2) is 45.0 Å². The SMILES string of the molecule is C[C@@H](CN(C)C(=O)CCc1ccsc1)c1nn[nH]n1. The highest BCUT2D eigenvalue weighted by Crippen LogP contribution is 2.12. The van der Waals surface area contributed by atoms with Crippen LogP contribution in [-0.2, 0) is 11.2 Å². The summed E-state index contributed by atoms with van der Waals surface area (Å²) >= 11 is 1.66. The molecule has 0 unspecified atom stereocenters. The molecule has 0 aliphatic heterocycles. The second-order valence-corrected chi connectivity index (χ2v) is 5.36. The van der Waals surface area contributed by atoms with E-state index >= 15 is 0 Å². The Hall–Kier alpha value is -1.76. The quantitative estimate of drug-likeness (QED) is 0.868. The van der Waals surface area contributed by atoms with Crippen molar-refractivity contribution in [2.45, 2.75) is 25.7 Å². The first-order chi connectivity index (χ1) is 9.16. The second-order valence-electron chi connectivity index (χ2n) is 4.58. The van der Waals surface area contributed by atoms with Crippen LogP contribution in [0, 0.1) is 0 Å². The third-order valence-corrected chi connectivity index (χ3v) is 3.72. The Bertz CT molecular complexity index is 496. The van der Waals surface area contributed by atoms with Crippen molar-refractivity contribution in [1.29, 1.82) is 0 Å². The van der Waals surface area contributed by atoms with Crippen LogP contribution >= 0.6 is 11.3 Å². The average Bonchev–Trinajstić information content (AvgIpc) is 3.08. The van der Waals surface area contributed by atoms with E-state index in [2.05, 4.69) is 32.1 Å². The van der Waals surface area contributed by atoms with Gasteiger partial charge in [-0.25, -0.2) is 0 Å². The third-order valence-electron chi connectivity index (χ3n) is 2.98. The molecule has 2 rings (SSSR count). The minimum absolute atomic E-state index is 0.0776. The molecular formula is C12H17N5OS. The molecule has 2 aromatic rings. The van der Waals surface area contributed by atoms with E-state index in [0.29, 0.717) is 18.8 Å². The molecule has 0 spiro atoms. The summed E-state index contributed by atoms with van der Waals surface area (Å²) in [5, 5.41) is 17.9. The van der Waals surface area contributed by atoms with E-state index in [-0.39, 0.29) is 11.8 Å². The van der Waals surface area contributed by atoms with Crippen molar-refractivity contribution in [2.75, 3.05) is 13.6 Å². The van der Waals surface area contributed by atoms with Gasteiger partial charge in [-0.05, 0) is 28.8 Å². The summed E-state index contributed by atoms with van der Waals surface area (Å²) in [6.45, 7) is 2.58. The van der Waals surface area contributed by atoms with Crippen molar-refractivity contribution in [2.24, 2.45) is 0 Å². The number of tetrazole rings is 1. The number of aryl methyl sites for hydroxylation is 1. The lowest BCUT2D eigenvalue weighted by atomic mass is 10.1. The molecule has 102 valence electrons. The van der Waals surface area contributed by atoms with Crippen molar-refractivity contribution in [3.8, 4) is 0 Å². The molecule has 2 heterocycles. The van der Waals surface area contributed by atoms with E-state index in [9.17, 15) is 4.79 Å². The molecule has 0 fully saturated rings. The van der Waals surface area contributed by atoms with Gasteiger partial charge in [0.2, 0.25) is 5.91 Å². The highest BCUT2D eigenvalue weighted by atomic mass is 32.1. The summed E-state index contributed by atoms with van der Waals surface area (Å²) in [6.07, 6.45) is 1.33. The lowest BCUT2D eigenvalue weighted by molar-refractivity contribution is -0.130. The molecule has 0 radical (unpaired) electrons. The normalized spacial score (nSPS) is 12.3. The molecule has 0 bridgehead atoms. The van der Waals surface area contributed by atoms with Crippen molar-refractivity contribution in [3.05, 3.63) is 28.2 Å². The van der Waals surface area contributed by atoms with Gasteiger partial charge in [0.15, 0.2) is 5.82 Å². The Morgan fingerprint density at radius 3 is 3.05 bits per heavy atom. The number of hydrogen-bond donors (Lipinski definition) is 1. The fraction of sp³-hybridized carbons (Fsp3) is 0.500. The average molecular weight is 279 g/mol. The van der Waals surface area contributed by atoms with Crippen molar-refractivity contribution in [3.63, 3.8) is 0 Å². The Morgan fingerprint density at radius 1 is 1.58 bits per heavy atom. The van der Waals surface area contributed by atoms with Gasteiger partial charge >= 0.3 is 0 Å². The zero-order valence-electron chi connectivity index (χ0n) is 11.0. The van der Waals surface area contributed by atoms with E-state index < -0.39 is 0 Å². The molecular weight excluding hydrogens is 262 g/mol. The third kappa shape index (κ3) is 3.85. The lowest BCUT2D eigenvalue weighted by Crippen LogP contribution is -2.30. The number of carbonyl (C=O) groups excluding carboxylic acids is 1. The van der Waals surface area contributed by atoms with Gasteiger partial charge in [-0.15, -0.1) is 10.2 Å². The first kappa shape index (κ1) is 13.7. The summed E-state index contributed by atoms with van der Waals surface area (Å²) in [7, 11) is 1.81. The minimum Gasteiger partial charge on any atom is -0.345 e. The second kappa shape index (κ2) is 6.42. The molecule has 7 heteroatoms. The summed E-state index contributed by atoms with van der Waals surface area (Å²) in [5.74, 6) is 0.855. The smallest absolute Gasteiger partial charge is 0.222 e. The van der Waals surface area contributed by atoms with Gasteiger partial charge in [-0.3, -0.25) is 4.79 Å². The van der Waals surface area contributed by atoms with Crippen LogP contribution in [0.4, 0.5) is 0 Å². The highest BCUT2D eigenvalue weighted by molar-refractivity contribution is 7.07. The maximum absolute atomic E-state index is 12.0. The Kier molecular flexibility index (Phi) is 4.62. The van der Waals surface area contributed by atoms with Gasteiger partial charge in [0.05, 0.1) is 0 Å². The summed E-state index contributed by atoms with van der Waals surface area (Å²) < 4.78 is 0. The topological polar surface area (TPSA) is 74.8 Å². The number of rotatable bonds is 6. The molecule has 1 amide bonds. The van der Waals surface area contributed by atoms with E-state index in [1.165, 1.54) is 5.56 Å². The van der Waals surface area contributed by atoms with Crippen molar-refractivity contribution in [1.82, 2.24) is 25.5 Å². The number of nitrogens with zero attached hydrogens (tertiary/aromatic N) is 4. The maximum Gasteiger partial charge on any atom is 0.222 e. The predicted octanol–water partition coefficient (Wildman–Crippen LogP) is 1.46. The van der Waals surface area contributed by atoms with Crippen LogP contribution in [0.1, 0.15) is 30.7 Å². The van der Waals surface area contributed by atoms with Crippen LogP contribution in [0.3, 0.4) is 0 Å². The number of likely N-dealkylation sites (N-methyl/N-ethyl adjacent to an activating group) is 1. The number of thiophene rings is 1. The zero-order valence-corrected chi connectivity index (χ0v) is 11.9. The van der Waals surface area contributed by atoms with E-state index in [4.69, 9.17) is 0 Å². The van der Waals surface area contributed by atoms with Crippen molar-refractivity contribution < 1.29 is 4.79 Å².